The molecule has 3 fully saturated rings. The van der Waals surface area contributed by atoms with Crippen LogP contribution in [0, 0.1) is 5.41 Å². The molecule has 2 aliphatic heterocycles. The fourth-order valence-electron chi connectivity index (χ4n) is 2.47. The van der Waals surface area contributed by atoms with Crippen LogP contribution >= 0.6 is 0 Å². The van der Waals surface area contributed by atoms with Crippen LogP contribution in [0.15, 0.2) is 0 Å². The maximum atomic E-state index is 2.67. The summed E-state index contributed by atoms with van der Waals surface area (Å²) in [5.41, 5.74) is 0.876. The third-order valence-electron chi connectivity index (χ3n) is 3.43. The topological polar surface area (TPSA) is 3.24 Å². The van der Waals surface area contributed by atoms with Gasteiger partial charge in [-0.2, -0.15) is 0 Å². The molecule has 1 spiro atoms. The minimum atomic E-state index is 0.876. The molecule has 3 aliphatic rings. The van der Waals surface area contributed by atoms with Crippen LogP contribution in [-0.4, -0.2) is 24.0 Å². The Kier molecular flexibility index (Phi) is 0.628. The lowest BCUT2D eigenvalue weighted by molar-refractivity contribution is 0.139. The SMILES string of the molecule is C1CN2CC3(CC3)CC12. The van der Waals surface area contributed by atoms with E-state index >= 15 is 0 Å². The van der Waals surface area contributed by atoms with E-state index in [0.717, 1.165) is 11.5 Å². The summed E-state index contributed by atoms with van der Waals surface area (Å²) in [5, 5.41) is 0. The van der Waals surface area contributed by atoms with Crippen molar-refractivity contribution in [3.05, 3.63) is 0 Å². The summed E-state index contributed by atoms with van der Waals surface area (Å²) in [6.07, 6.45) is 6.13. The lowest BCUT2D eigenvalue weighted by Crippen LogP contribution is -2.42. The summed E-state index contributed by atoms with van der Waals surface area (Å²) in [4.78, 5) is 2.67. The molecule has 1 atom stereocenters. The molecule has 0 aromatic carbocycles. The molecule has 0 bridgehead atoms. The molecule has 0 aromatic rings. The standard InChI is InChI=1S/C8H13N/c1-4-9-6-8(2-3-8)5-7(1)9/h7H,1-6H2. The summed E-state index contributed by atoms with van der Waals surface area (Å²) < 4.78 is 0. The number of rotatable bonds is 0. The van der Waals surface area contributed by atoms with Crippen molar-refractivity contribution in [1.29, 1.82) is 0 Å². The van der Waals surface area contributed by atoms with Gasteiger partial charge in [-0.25, -0.2) is 0 Å². The van der Waals surface area contributed by atoms with Crippen molar-refractivity contribution in [2.24, 2.45) is 5.41 Å². The maximum absolute atomic E-state index is 2.67. The Morgan fingerprint density at radius 1 is 1.33 bits per heavy atom. The predicted molar refractivity (Wildman–Crippen MR) is 36.3 cm³/mol. The van der Waals surface area contributed by atoms with Gasteiger partial charge in [0, 0.05) is 12.6 Å². The number of hydrogen-bond acceptors (Lipinski definition) is 1. The second-order valence-electron chi connectivity index (χ2n) is 4.12. The van der Waals surface area contributed by atoms with Crippen LogP contribution in [0.25, 0.3) is 0 Å². The monoisotopic (exact) mass is 123 g/mol. The molecule has 3 rings (SSSR count). The van der Waals surface area contributed by atoms with E-state index in [4.69, 9.17) is 0 Å². The fourth-order valence-corrected chi connectivity index (χ4v) is 2.47. The first kappa shape index (κ1) is 4.73. The van der Waals surface area contributed by atoms with Crippen LogP contribution in [0.4, 0.5) is 0 Å². The minimum absolute atomic E-state index is 0.876. The van der Waals surface area contributed by atoms with E-state index in [2.05, 4.69) is 4.90 Å². The molecule has 1 unspecified atom stereocenters. The molecule has 0 N–H and O–H groups in total. The average molecular weight is 123 g/mol. The first-order valence-corrected chi connectivity index (χ1v) is 4.12. The molecule has 2 heterocycles. The molecule has 50 valence electrons. The molecular weight excluding hydrogens is 110 g/mol. The van der Waals surface area contributed by atoms with Gasteiger partial charge in [0.2, 0.25) is 0 Å². The molecule has 1 saturated carbocycles. The summed E-state index contributed by atoms with van der Waals surface area (Å²) in [6, 6.07) is 1.03. The van der Waals surface area contributed by atoms with Crippen molar-refractivity contribution < 1.29 is 0 Å². The maximum Gasteiger partial charge on any atom is 0.0113 e. The number of hydrogen-bond donors (Lipinski definition) is 0. The van der Waals surface area contributed by atoms with Crippen molar-refractivity contribution in [3.63, 3.8) is 0 Å². The summed E-state index contributed by atoms with van der Waals surface area (Å²) in [5.74, 6) is 0. The van der Waals surface area contributed by atoms with Crippen molar-refractivity contribution >= 4 is 0 Å². The molecule has 1 heteroatoms. The Labute approximate surface area is 56.0 Å². The van der Waals surface area contributed by atoms with Gasteiger partial charge in [-0.3, -0.25) is 4.90 Å². The van der Waals surface area contributed by atoms with Crippen molar-refractivity contribution in [1.82, 2.24) is 4.90 Å². The lowest BCUT2D eigenvalue weighted by atomic mass is 9.99. The van der Waals surface area contributed by atoms with Gasteiger partial charge in [-0.15, -0.1) is 0 Å². The number of nitrogens with zero attached hydrogens (tertiary/aromatic N) is 1. The van der Waals surface area contributed by atoms with E-state index in [1.54, 1.807) is 19.3 Å². The van der Waals surface area contributed by atoms with Gasteiger partial charge in [-0.05, 0) is 37.6 Å². The Morgan fingerprint density at radius 3 is 2.56 bits per heavy atom. The Morgan fingerprint density at radius 2 is 2.22 bits per heavy atom. The van der Waals surface area contributed by atoms with Gasteiger partial charge < -0.3 is 0 Å². The highest BCUT2D eigenvalue weighted by Crippen LogP contribution is 2.57. The highest BCUT2D eigenvalue weighted by molar-refractivity contribution is 5.07. The van der Waals surface area contributed by atoms with Crippen LogP contribution in [0.5, 0.6) is 0 Å². The van der Waals surface area contributed by atoms with Gasteiger partial charge in [0.1, 0.15) is 0 Å². The van der Waals surface area contributed by atoms with Crippen LogP contribution in [-0.2, 0) is 0 Å². The highest BCUT2D eigenvalue weighted by Gasteiger charge is 2.54. The van der Waals surface area contributed by atoms with Crippen molar-refractivity contribution in [2.75, 3.05) is 13.1 Å². The van der Waals surface area contributed by atoms with Gasteiger partial charge in [0.05, 0.1) is 0 Å². The fraction of sp³-hybridized carbons (Fsp3) is 1.00. The molecule has 1 nitrogen and oxygen atoms in total. The Balaban J connectivity index is 1.85. The minimum Gasteiger partial charge on any atom is -0.300 e. The molecule has 0 radical (unpaired) electrons. The molecular formula is C8H13N. The Hall–Kier alpha value is -0.0400. The lowest BCUT2D eigenvalue weighted by Gasteiger charge is -2.34. The molecule has 2 saturated heterocycles. The normalized spacial score (nSPS) is 44.7. The van der Waals surface area contributed by atoms with Gasteiger partial charge in [-0.1, -0.05) is 0 Å². The van der Waals surface area contributed by atoms with Crippen molar-refractivity contribution in [3.8, 4) is 0 Å². The smallest absolute Gasteiger partial charge is 0.0113 e. The van der Waals surface area contributed by atoms with E-state index in [0.29, 0.717) is 0 Å². The third kappa shape index (κ3) is 0.493. The highest BCUT2D eigenvalue weighted by atomic mass is 15.2. The van der Waals surface area contributed by atoms with Gasteiger partial charge in [0.15, 0.2) is 0 Å². The second-order valence-corrected chi connectivity index (χ2v) is 4.12. The molecule has 9 heavy (non-hydrogen) atoms. The largest absolute Gasteiger partial charge is 0.300 e. The zero-order valence-corrected chi connectivity index (χ0v) is 5.77. The van der Waals surface area contributed by atoms with Gasteiger partial charge >= 0.3 is 0 Å². The number of fused-ring (bicyclic) bond motifs is 1. The van der Waals surface area contributed by atoms with Crippen LogP contribution < -0.4 is 0 Å². The van der Waals surface area contributed by atoms with Crippen LogP contribution in [0.1, 0.15) is 25.7 Å². The summed E-state index contributed by atoms with van der Waals surface area (Å²) in [7, 11) is 0. The second kappa shape index (κ2) is 1.20. The van der Waals surface area contributed by atoms with E-state index in [9.17, 15) is 0 Å². The van der Waals surface area contributed by atoms with E-state index in [1.165, 1.54) is 19.5 Å². The first-order valence-electron chi connectivity index (χ1n) is 4.12. The van der Waals surface area contributed by atoms with E-state index < -0.39 is 0 Å². The van der Waals surface area contributed by atoms with Crippen LogP contribution in [0.2, 0.25) is 0 Å². The predicted octanol–water partition coefficient (Wildman–Crippen LogP) is 1.24. The van der Waals surface area contributed by atoms with E-state index in [-0.39, 0.29) is 0 Å². The Bertz CT molecular complexity index is 135. The summed E-state index contributed by atoms with van der Waals surface area (Å²) >= 11 is 0. The molecule has 0 aromatic heterocycles. The molecule has 1 aliphatic carbocycles. The van der Waals surface area contributed by atoms with Crippen molar-refractivity contribution in [2.45, 2.75) is 31.7 Å². The van der Waals surface area contributed by atoms with E-state index in [1.807, 2.05) is 0 Å². The van der Waals surface area contributed by atoms with Gasteiger partial charge in [0.25, 0.3) is 0 Å². The first-order chi connectivity index (χ1) is 4.38. The third-order valence-corrected chi connectivity index (χ3v) is 3.43. The van der Waals surface area contributed by atoms with Crippen LogP contribution in [0.3, 0.4) is 0 Å². The quantitative estimate of drug-likeness (QED) is 0.468. The summed E-state index contributed by atoms with van der Waals surface area (Å²) in [6.45, 7) is 2.87. The average Bonchev–Trinajstić information content (AvgIpc) is 2.52. The zero-order valence-electron chi connectivity index (χ0n) is 5.77. The molecule has 0 amide bonds. The zero-order chi connectivity index (χ0) is 5.90.